The molecular weight excluding hydrogens is 750 g/mol. The molecule has 5 aromatic carbocycles. The Bertz CT molecular complexity index is 2200. The van der Waals surface area contributed by atoms with Crippen LogP contribution < -0.4 is 32.1 Å². The monoisotopic (exact) mass is 790 g/mol. The van der Waals surface area contributed by atoms with Crippen LogP contribution in [0.1, 0.15) is 38.6 Å². The van der Waals surface area contributed by atoms with E-state index in [-0.39, 0.29) is 5.41 Å². The third-order valence-corrected chi connectivity index (χ3v) is 15.5. The molecular formula is C44H41ClN2O2P2S2. The van der Waals surface area contributed by atoms with Crippen molar-refractivity contribution >= 4 is 83.1 Å². The van der Waals surface area contributed by atoms with Crippen molar-refractivity contribution in [1.29, 1.82) is 0 Å². The van der Waals surface area contributed by atoms with Crippen LogP contribution in [0.2, 0.25) is 5.02 Å². The smallest absolute Gasteiger partial charge is 0.228 e. The Labute approximate surface area is 328 Å². The zero-order valence-electron chi connectivity index (χ0n) is 30.2. The predicted molar refractivity (Wildman–Crippen MR) is 230 cm³/mol. The van der Waals surface area contributed by atoms with E-state index in [1.165, 1.54) is 26.8 Å². The van der Waals surface area contributed by atoms with Crippen molar-refractivity contribution in [3.05, 3.63) is 156 Å². The zero-order valence-corrected chi connectivity index (χ0v) is 34.4. The van der Waals surface area contributed by atoms with Gasteiger partial charge in [-0.1, -0.05) is 171 Å². The molecule has 0 fully saturated rings. The molecule has 268 valence electrons. The molecule has 4 nitrogen and oxygen atoms in total. The van der Waals surface area contributed by atoms with Crippen molar-refractivity contribution in [3.63, 3.8) is 0 Å². The van der Waals surface area contributed by atoms with E-state index in [9.17, 15) is 0 Å². The first kappa shape index (κ1) is 37.7. The largest absolute Gasteiger partial charge is 0.433 e. The van der Waals surface area contributed by atoms with Crippen molar-refractivity contribution in [2.24, 2.45) is 0 Å². The maximum Gasteiger partial charge on any atom is 0.228 e. The minimum absolute atomic E-state index is 0.178. The fourth-order valence-corrected chi connectivity index (χ4v) is 12.6. The Balaban J connectivity index is 1.16. The zero-order chi connectivity index (χ0) is 36.8. The van der Waals surface area contributed by atoms with Crippen LogP contribution in [0.25, 0.3) is 11.5 Å². The van der Waals surface area contributed by atoms with Crippen LogP contribution in [0.15, 0.2) is 159 Å². The summed E-state index contributed by atoms with van der Waals surface area (Å²) < 4.78 is 13.0. The van der Waals surface area contributed by atoms with Crippen LogP contribution in [0.5, 0.6) is 0 Å². The lowest BCUT2D eigenvalue weighted by molar-refractivity contribution is 0.351. The molecule has 0 spiro atoms. The van der Waals surface area contributed by atoms with Crippen molar-refractivity contribution < 1.29 is 8.83 Å². The Morgan fingerprint density at radius 2 is 1.17 bits per heavy atom. The summed E-state index contributed by atoms with van der Waals surface area (Å²) in [5, 5.41) is 7.49. The molecule has 0 bridgehead atoms. The summed E-state index contributed by atoms with van der Waals surface area (Å²) in [5.41, 5.74) is 4.08. The van der Waals surface area contributed by atoms with Crippen molar-refractivity contribution in [2.45, 2.75) is 49.2 Å². The van der Waals surface area contributed by atoms with Crippen molar-refractivity contribution in [3.8, 4) is 11.5 Å². The van der Waals surface area contributed by atoms with E-state index < -0.39 is 15.8 Å². The van der Waals surface area contributed by atoms with Gasteiger partial charge in [-0.15, -0.1) is 0 Å². The highest BCUT2D eigenvalue weighted by Crippen LogP contribution is 2.40. The molecule has 0 aliphatic rings. The fourth-order valence-electron chi connectivity index (χ4n) is 5.95. The Morgan fingerprint density at radius 3 is 1.74 bits per heavy atom. The molecule has 0 saturated heterocycles. The number of halogens is 1. The average Bonchev–Trinajstić information content (AvgIpc) is 3.81. The van der Waals surface area contributed by atoms with Gasteiger partial charge in [0.2, 0.25) is 11.8 Å². The molecule has 2 aromatic heterocycles. The molecule has 2 heterocycles. The van der Waals surface area contributed by atoms with Crippen LogP contribution in [-0.4, -0.2) is 22.0 Å². The van der Waals surface area contributed by atoms with Gasteiger partial charge in [0.15, 0.2) is 10.2 Å². The second-order valence-corrected chi connectivity index (χ2v) is 20.1. The van der Waals surface area contributed by atoms with Gasteiger partial charge in [0.25, 0.3) is 0 Å². The number of oxazole rings is 2. The van der Waals surface area contributed by atoms with E-state index >= 15 is 0 Å². The SMILES string of the molecule is CSc1oc(C(C)(C)C)nc1P(c1ccccc1)c1cccc(CCCSc2oc(-c3ccc(Cl)cc3)nc2P(c2ccccc2)c2ccccc2)c1. The summed E-state index contributed by atoms with van der Waals surface area (Å²) in [6, 6.07) is 48.9. The topological polar surface area (TPSA) is 52.1 Å². The molecule has 0 amide bonds. The molecule has 9 heteroatoms. The molecule has 1 atom stereocenters. The molecule has 0 saturated carbocycles. The van der Waals surface area contributed by atoms with Crippen LogP contribution in [0.4, 0.5) is 0 Å². The summed E-state index contributed by atoms with van der Waals surface area (Å²) >= 11 is 9.63. The average molecular weight is 791 g/mol. The van der Waals surface area contributed by atoms with Gasteiger partial charge in [-0.25, -0.2) is 9.97 Å². The third kappa shape index (κ3) is 9.02. The van der Waals surface area contributed by atoms with E-state index in [1.54, 1.807) is 23.5 Å². The van der Waals surface area contributed by atoms with Gasteiger partial charge in [-0.2, -0.15) is 0 Å². The minimum atomic E-state index is -0.938. The lowest BCUT2D eigenvalue weighted by Crippen LogP contribution is -2.24. The second-order valence-electron chi connectivity index (χ2n) is 13.5. The van der Waals surface area contributed by atoms with E-state index in [1.807, 2.05) is 24.3 Å². The molecule has 1 unspecified atom stereocenters. The Morgan fingerprint density at radius 1 is 0.623 bits per heavy atom. The molecule has 0 radical (unpaired) electrons. The van der Waals surface area contributed by atoms with Crippen LogP contribution >= 0.6 is 51.0 Å². The standard InChI is InChI=1S/C44H41ClN2O2P2S2/c1-44(2,3)43-47-39(41(49-43)52-4)51(36-22-12-7-13-23-36)37-24-14-16-31(30-37)17-15-29-53-42-40(46-38(48-42)32-25-27-33(45)28-26-32)50(34-18-8-5-9-19-34)35-20-10-6-11-21-35/h5-14,16,18-28,30H,15,17,29H2,1-4H3. The Hall–Kier alpha value is -3.63. The third-order valence-electron chi connectivity index (χ3n) is 8.56. The summed E-state index contributed by atoms with van der Waals surface area (Å²) in [7, 11) is -1.85. The second kappa shape index (κ2) is 17.2. The molecule has 0 N–H and O–H groups in total. The number of rotatable bonds is 13. The number of nitrogens with zero attached hydrogens (tertiary/aromatic N) is 2. The van der Waals surface area contributed by atoms with E-state index in [2.05, 4.69) is 142 Å². The number of aryl methyl sites for hydroxylation is 1. The van der Waals surface area contributed by atoms with E-state index in [0.717, 1.165) is 51.1 Å². The lowest BCUT2D eigenvalue weighted by Gasteiger charge is -2.18. The van der Waals surface area contributed by atoms with Gasteiger partial charge in [-0.05, 0) is 70.1 Å². The highest BCUT2D eigenvalue weighted by Gasteiger charge is 2.30. The highest BCUT2D eigenvalue weighted by molar-refractivity contribution is 8.00. The maximum absolute atomic E-state index is 6.62. The molecule has 0 aliphatic heterocycles. The highest BCUT2D eigenvalue weighted by atomic mass is 35.5. The normalized spacial score (nSPS) is 12.3. The van der Waals surface area contributed by atoms with Gasteiger partial charge in [0.05, 0.1) is 0 Å². The van der Waals surface area contributed by atoms with Gasteiger partial charge in [0, 0.05) is 37.6 Å². The molecule has 7 aromatic rings. The lowest BCUT2D eigenvalue weighted by atomic mass is 9.97. The van der Waals surface area contributed by atoms with E-state index in [4.69, 9.17) is 30.4 Å². The molecule has 7 rings (SSSR count). The summed E-state index contributed by atoms with van der Waals surface area (Å²) in [6.07, 6.45) is 4.00. The summed E-state index contributed by atoms with van der Waals surface area (Å²) in [4.78, 5) is 10.4. The maximum atomic E-state index is 6.62. The number of hydrogen-bond acceptors (Lipinski definition) is 6. The van der Waals surface area contributed by atoms with Crippen LogP contribution in [0.3, 0.4) is 0 Å². The quantitative estimate of drug-likeness (QED) is 0.0659. The fraction of sp³-hybridized carbons (Fsp3) is 0.182. The summed E-state index contributed by atoms with van der Waals surface area (Å²) in [5.74, 6) is 2.29. The first-order valence-corrected chi connectivity index (χ1v) is 22.8. The van der Waals surface area contributed by atoms with Crippen molar-refractivity contribution in [2.75, 3.05) is 12.0 Å². The van der Waals surface area contributed by atoms with Crippen molar-refractivity contribution in [1.82, 2.24) is 9.97 Å². The van der Waals surface area contributed by atoms with Gasteiger partial charge >= 0.3 is 0 Å². The van der Waals surface area contributed by atoms with Crippen LogP contribution in [-0.2, 0) is 11.8 Å². The minimum Gasteiger partial charge on any atom is -0.433 e. The number of aromatic nitrogens is 2. The number of benzene rings is 5. The Kier molecular flexibility index (Phi) is 12.2. The first-order valence-electron chi connectivity index (χ1n) is 17.6. The summed E-state index contributed by atoms with van der Waals surface area (Å²) in [6.45, 7) is 6.46. The van der Waals surface area contributed by atoms with E-state index in [0.29, 0.717) is 10.9 Å². The first-order chi connectivity index (χ1) is 25.8. The van der Waals surface area contributed by atoms with Crippen LogP contribution in [0, 0.1) is 0 Å². The molecule has 0 aliphatic carbocycles. The predicted octanol–water partition coefficient (Wildman–Crippen LogP) is 10.2. The number of thioether (sulfide) groups is 2. The number of hydrogen-bond donors (Lipinski definition) is 0. The van der Waals surface area contributed by atoms with Gasteiger partial charge in [0.1, 0.15) is 10.9 Å². The molecule has 53 heavy (non-hydrogen) atoms. The van der Waals surface area contributed by atoms with Gasteiger partial charge in [-0.3, -0.25) is 0 Å². The van der Waals surface area contributed by atoms with Gasteiger partial charge < -0.3 is 8.83 Å².